The summed E-state index contributed by atoms with van der Waals surface area (Å²) in [5.74, 6) is 1.78. The molecular weight excluding hydrogens is 839 g/mol. The first-order chi connectivity index (χ1) is 34.1. The highest BCUT2D eigenvalue weighted by atomic mass is 15.2. The van der Waals surface area contributed by atoms with Crippen molar-refractivity contribution in [3.05, 3.63) is 236 Å². The highest BCUT2D eigenvalue weighted by molar-refractivity contribution is 6.29. The van der Waals surface area contributed by atoms with Crippen LogP contribution in [-0.4, -0.2) is 24.1 Å². The summed E-state index contributed by atoms with van der Waals surface area (Å²) in [6.45, 7) is 2.12. The van der Waals surface area contributed by atoms with Crippen molar-refractivity contribution in [2.24, 2.45) is 0 Å². The van der Waals surface area contributed by atoms with Crippen LogP contribution in [0.4, 0.5) is 0 Å². The highest BCUT2D eigenvalue weighted by Gasteiger charge is 2.23. The zero-order chi connectivity index (χ0) is 45.6. The number of hydrogen-bond acceptors (Lipinski definition) is 3. The maximum Gasteiger partial charge on any atom is 0.238 e. The topological polar surface area (TPSA) is 48.5 Å². The number of para-hydroxylation sites is 2. The van der Waals surface area contributed by atoms with Gasteiger partial charge in [0, 0.05) is 38.4 Å². The normalized spacial score (nSPS) is 11.8. The van der Waals surface area contributed by atoms with Crippen molar-refractivity contribution in [3.8, 4) is 56.7 Å². The maximum atomic E-state index is 5.39. The van der Waals surface area contributed by atoms with Gasteiger partial charge in [-0.05, 0) is 110 Å². The molecule has 0 radical (unpaired) electrons. The predicted octanol–water partition coefficient (Wildman–Crippen LogP) is 16.5. The van der Waals surface area contributed by atoms with E-state index in [1.165, 1.54) is 59.8 Å². The van der Waals surface area contributed by atoms with Crippen LogP contribution >= 0.6 is 0 Å². The summed E-state index contributed by atoms with van der Waals surface area (Å²) in [5.41, 5.74) is 13.1. The molecule has 14 rings (SSSR count). The van der Waals surface area contributed by atoms with Gasteiger partial charge in [-0.3, -0.25) is 4.57 Å². The number of benzene rings is 11. The first-order valence-electron chi connectivity index (χ1n) is 23.5. The van der Waals surface area contributed by atoms with Crippen LogP contribution in [0.1, 0.15) is 5.56 Å². The smallest absolute Gasteiger partial charge is 0.238 e. The molecule has 3 heterocycles. The molecule has 0 amide bonds. The lowest BCUT2D eigenvalue weighted by molar-refractivity contribution is 0.953. The minimum absolute atomic E-state index is 0.563. The van der Waals surface area contributed by atoms with Crippen LogP contribution in [-0.2, 0) is 0 Å². The Morgan fingerprint density at radius 1 is 0.275 bits per heavy atom. The van der Waals surface area contributed by atoms with Crippen LogP contribution in [0.3, 0.4) is 0 Å². The molecule has 14 aromatic rings. The van der Waals surface area contributed by atoms with Crippen molar-refractivity contribution in [2.45, 2.75) is 6.92 Å². The third-order valence-corrected chi connectivity index (χ3v) is 14.0. The molecule has 0 N–H and O–H groups in total. The molecule has 0 atom stereocenters. The first-order valence-corrected chi connectivity index (χ1v) is 23.5. The summed E-state index contributed by atoms with van der Waals surface area (Å²) in [4.78, 5) is 15.9. The Morgan fingerprint density at radius 3 is 1.35 bits per heavy atom. The molecule has 3 aromatic heterocycles. The van der Waals surface area contributed by atoms with E-state index in [0.29, 0.717) is 17.6 Å². The van der Waals surface area contributed by atoms with E-state index in [1.807, 2.05) is 18.2 Å². The van der Waals surface area contributed by atoms with E-state index in [4.69, 9.17) is 15.0 Å². The van der Waals surface area contributed by atoms with Gasteiger partial charge < -0.3 is 4.57 Å². The molecule has 0 aliphatic rings. The minimum atomic E-state index is 0.563. The number of rotatable bonds is 6. The average Bonchev–Trinajstić information content (AvgIpc) is 3.94. The van der Waals surface area contributed by atoms with E-state index in [2.05, 4.69) is 228 Å². The van der Waals surface area contributed by atoms with Gasteiger partial charge in [0.05, 0.1) is 22.1 Å². The Balaban J connectivity index is 0.981. The van der Waals surface area contributed by atoms with Gasteiger partial charge >= 0.3 is 0 Å². The third-order valence-electron chi connectivity index (χ3n) is 14.0. The van der Waals surface area contributed by atoms with E-state index in [0.717, 1.165) is 60.8 Å². The van der Waals surface area contributed by atoms with E-state index < -0.39 is 0 Å². The van der Waals surface area contributed by atoms with Gasteiger partial charge in [-0.25, -0.2) is 4.98 Å². The zero-order valence-corrected chi connectivity index (χ0v) is 37.7. The minimum Gasteiger partial charge on any atom is -0.309 e. The molecule has 0 saturated heterocycles. The molecule has 322 valence electrons. The molecule has 0 fully saturated rings. The third kappa shape index (κ3) is 6.21. The van der Waals surface area contributed by atoms with Crippen molar-refractivity contribution >= 4 is 75.9 Å². The summed E-state index contributed by atoms with van der Waals surface area (Å²) >= 11 is 0. The van der Waals surface area contributed by atoms with Gasteiger partial charge in [0.25, 0.3) is 0 Å². The van der Waals surface area contributed by atoms with E-state index in [-0.39, 0.29) is 0 Å². The van der Waals surface area contributed by atoms with Crippen LogP contribution in [0.25, 0.3) is 133 Å². The van der Waals surface area contributed by atoms with Gasteiger partial charge in [-0.15, -0.1) is 0 Å². The second-order valence-corrected chi connectivity index (χ2v) is 18.1. The van der Waals surface area contributed by atoms with Crippen molar-refractivity contribution < 1.29 is 0 Å². The Kier molecular flexibility index (Phi) is 8.73. The highest BCUT2D eigenvalue weighted by Crippen LogP contribution is 2.44. The lowest BCUT2D eigenvalue weighted by Crippen LogP contribution is -2.06. The fourth-order valence-electron chi connectivity index (χ4n) is 10.8. The van der Waals surface area contributed by atoms with Gasteiger partial charge in [0.2, 0.25) is 5.95 Å². The van der Waals surface area contributed by atoms with Crippen LogP contribution in [0.15, 0.2) is 231 Å². The van der Waals surface area contributed by atoms with Crippen LogP contribution in [0.2, 0.25) is 0 Å². The molecule has 11 aromatic carbocycles. The van der Waals surface area contributed by atoms with Crippen molar-refractivity contribution in [3.63, 3.8) is 0 Å². The first kappa shape index (κ1) is 39.0. The molecule has 5 nitrogen and oxygen atoms in total. The van der Waals surface area contributed by atoms with Gasteiger partial charge in [-0.2, -0.15) is 9.97 Å². The van der Waals surface area contributed by atoms with Crippen LogP contribution in [0, 0.1) is 6.92 Å². The average molecular weight is 880 g/mol. The number of aromatic nitrogens is 5. The van der Waals surface area contributed by atoms with Gasteiger partial charge in [0.1, 0.15) is 0 Å². The van der Waals surface area contributed by atoms with E-state index in [1.54, 1.807) is 0 Å². The van der Waals surface area contributed by atoms with Crippen LogP contribution < -0.4 is 0 Å². The lowest BCUT2D eigenvalue weighted by atomic mass is 9.94. The predicted molar refractivity (Wildman–Crippen MR) is 288 cm³/mol. The number of hydrogen-bond donors (Lipinski definition) is 0. The van der Waals surface area contributed by atoms with Crippen molar-refractivity contribution in [1.82, 2.24) is 24.1 Å². The largest absolute Gasteiger partial charge is 0.309 e. The monoisotopic (exact) mass is 879 g/mol. The molecule has 0 saturated carbocycles. The van der Waals surface area contributed by atoms with E-state index in [9.17, 15) is 0 Å². The summed E-state index contributed by atoms with van der Waals surface area (Å²) in [5, 5.41) is 12.2. The molecule has 0 bridgehead atoms. The van der Waals surface area contributed by atoms with Crippen molar-refractivity contribution in [1.29, 1.82) is 0 Å². The molecule has 0 spiro atoms. The quantitative estimate of drug-likeness (QED) is 0.156. The summed E-state index contributed by atoms with van der Waals surface area (Å²) < 4.78 is 4.67. The second kappa shape index (κ2) is 15.4. The molecule has 0 unspecified atom stereocenters. The fraction of sp³-hybridized carbons (Fsp3) is 0.0156. The standard InChI is InChI=1S/C64H41N5/c1-40-29-31-41(32-30-40)43-17-13-18-44(37-43)45-19-14-20-46(38-45)63-65-62(42-15-3-2-4-16-42)66-64(67-63)69-57-28-12-10-26-54(57)61-59(69)36-35-58-60(61)53-25-9-11-27-56(53)68(58)47-33-34-52-50-23-6-5-21-48(50)49-22-7-8-24-51(49)55(52)39-47/h2-39H,1H3. The SMILES string of the molecule is Cc1ccc(-c2cccc(-c3cccc(-c4nc(-c5ccccc5)nc(-n5c6ccccc6c6c7c8ccccc8n(-c8ccc9c%10ccccc%10c%10ccccc%10c9c8)c7ccc65)n4)c3)c2)cc1. The molecular formula is C64H41N5. The summed E-state index contributed by atoms with van der Waals surface area (Å²) in [7, 11) is 0. The Bertz CT molecular complexity index is 4340. The lowest BCUT2D eigenvalue weighted by Gasteiger charge is -2.14. The van der Waals surface area contributed by atoms with Gasteiger partial charge in [-0.1, -0.05) is 188 Å². The summed E-state index contributed by atoms with van der Waals surface area (Å²) in [6, 6.07) is 82.8. The Hall–Kier alpha value is -9.19. The van der Waals surface area contributed by atoms with Gasteiger partial charge in [0.15, 0.2) is 11.6 Å². The maximum absolute atomic E-state index is 5.39. The number of aryl methyl sites for hydroxylation is 1. The second-order valence-electron chi connectivity index (χ2n) is 18.1. The number of nitrogens with zero attached hydrogens (tertiary/aromatic N) is 5. The molecule has 0 aliphatic carbocycles. The molecule has 69 heavy (non-hydrogen) atoms. The molecule has 0 aliphatic heterocycles. The number of fused-ring (bicyclic) bond motifs is 13. The van der Waals surface area contributed by atoms with Crippen LogP contribution in [0.5, 0.6) is 0 Å². The molecule has 5 heteroatoms. The Morgan fingerprint density at radius 2 is 0.725 bits per heavy atom. The zero-order valence-electron chi connectivity index (χ0n) is 37.7. The fourth-order valence-corrected chi connectivity index (χ4v) is 10.8. The van der Waals surface area contributed by atoms with Crippen molar-refractivity contribution in [2.75, 3.05) is 0 Å². The summed E-state index contributed by atoms with van der Waals surface area (Å²) in [6.07, 6.45) is 0. The Labute approximate surface area is 397 Å². The van der Waals surface area contributed by atoms with E-state index >= 15 is 0 Å².